The van der Waals surface area contributed by atoms with E-state index in [1.807, 2.05) is 0 Å². The van der Waals surface area contributed by atoms with Gasteiger partial charge in [-0.15, -0.1) is 20.4 Å². The fourth-order valence-electron chi connectivity index (χ4n) is 0.385. The Balaban J connectivity index is 0.000000228. The third kappa shape index (κ3) is 14.8. The molecule has 0 spiro atoms. The van der Waals surface area contributed by atoms with Crippen LogP contribution in [0.2, 0.25) is 0 Å². The Morgan fingerprint density at radius 2 is 1.71 bits per heavy atom. The Bertz CT molecular complexity index is 339. The number of nitrogens with one attached hydrogen (secondary N) is 1. The fraction of sp³-hybridized carbons (Fsp3) is 0. The standard InChI is InChI=1S/2C2H3N3S.ClHO4/c2*3-2-5-4-1-6-2;2-1(3,4)5/h2*1H,(H2,3,5);(H,2,3,4,5). The van der Waals surface area contributed by atoms with E-state index in [-0.39, 0.29) is 0 Å². The maximum absolute atomic E-state index is 8.49. The van der Waals surface area contributed by atoms with Crippen LogP contribution >= 0.6 is 22.7 Å². The van der Waals surface area contributed by atoms with Gasteiger partial charge in [0.1, 0.15) is 5.51 Å². The molecule has 17 heavy (non-hydrogen) atoms. The van der Waals surface area contributed by atoms with E-state index < -0.39 is 10.2 Å². The zero-order valence-electron chi connectivity index (χ0n) is 7.98. The highest BCUT2D eigenvalue weighted by Gasteiger charge is 1.86. The maximum atomic E-state index is 8.49. The molecule has 10 nitrogen and oxygen atoms in total. The van der Waals surface area contributed by atoms with Crippen molar-refractivity contribution in [2.24, 2.45) is 0 Å². The molecule has 2 aromatic heterocycles. The van der Waals surface area contributed by atoms with Gasteiger partial charge in [-0.1, -0.05) is 16.4 Å². The molecule has 2 aromatic rings. The number of rotatable bonds is 0. The minimum Gasteiger partial charge on any atom is -0.374 e. The lowest BCUT2D eigenvalue weighted by Crippen LogP contribution is -2.68. The Morgan fingerprint density at radius 1 is 1.12 bits per heavy atom. The molecule has 96 valence electrons. The zero-order chi connectivity index (χ0) is 13.3. The quantitative estimate of drug-likeness (QED) is 0.477. The highest BCUT2D eigenvalue weighted by Crippen LogP contribution is 1.99. The van der Waals surface area contributed by atoms with Crippen LogP contribution in [0.3, 0.4) is 0 Å². The molecular weight excluding hydrogens is 296 g/mol. The van der Waals surface area contributed by atoms with Crippen molar-refractivity contribution in [3.63, 3.8) is 0 Å². The van der Waals surface area contributed by atoms with Gasteiger partial charge in [0, 0.05) is 5.10 Å². The molecule has 0 bridgehead atoms. The van der Waals surface area contributed by atoms with Crippen LogP contribution in [-0.4, -0.2) is 15.3 Å². The lowest BCUT2D eigenvalue weighted by atomic mass is 11.3. The van der Waals surface area contributed by atoms with E-state index in [1.165, 1.54) is 22.7 Å². The molecule has 13 heteroatoms. The van der Waals surface area contributed by atoms with Crippen molar-refractivity contribution in [1.82, 2.24) is 15.3 Å². The molecule has 0 saturated carbocycles. The number of nitrogens with zero attached hydrogens (tertiary/aromatic N) is 3. The van der Waals surface area contributed by atoms with Gasteiger partial charge < -0.3 is 11.5 Å². The first-order valence-corrected chi connectivity index (χ1v) is 6.49. The second kappa shape index (κ2) is 8.02. The summed E-state index contributed by atoms with van der Waals surface area (Å²) in [5.41, 5.74) is 13.6. The second-order valence-electron chi connectivity index (χ2n) is 1.97. The van der Waals surface area contributed by atoms with Gasteiger partial charge in [0.2, 0.25) is 5.13 Å². The van der Waals surface area contributed by atoms with E-state index in [0.717, 1.165) is 0 Å². The van der Waals surface area contributed by atoms with E-state index >= 15 is 0 Å². The van der Waals surface area contributed by atoms with Crippen molar-refractivity contribution < 1.29 is 34.0 Å². The molecule has 0 radical (unpaired) electrons. The van der Waals surface area contributed by atoms with Crippen molar-refractivity contribution in [2.75, 3.05) is 11.5 Å². The summed E-state index contributed by atoms with van der Waals surface area (Å²) in [6, 6.07) is 0. The number of nitrogens with two attached hydrogens (primary N) is 2. The molecule has 0 aliphatic rings. The minimum atomic E-state index is -4.94. The molecule has 0 saturated heterocycles. The van der Waals surface area contributed by atoms with Gasteiger partial charge in [0.25, 0.3) is 10.6 Å². The second-order valence-corrected chi connectivity index (χ2v) is 4.48. The predicted octanol–water partition coefficient (Wildman–Crippen LogP) is -5.10. The summed E-state index contributed by atoms with van der Waals surface area (Å²) in [7, 11) is -4.94. The van der Waals surface area contributed by atoms with Gasteiger partial charge >= 0.3 is 0 Å². The number of anilines is 2. The van der Waals surface area contributed by atoms with Crippen LogP contribution in [0.1, 0.15) is 0 Å². The highest BCUT2D eigenvalue weighted by atomic mass is 35.7. The maximum Gasteiger partial charge on any atom is 0.252 e. The van der Waals surface area contributed by atoms with Crippen LogP contribution in [0.25, 0.3) is 0 Å². The average molecular weight is 303 g/mol. The third-order valence-corrected chi connectivity index (χ3v) is 1.86. The van der Waals surface area contributed by atoms with Crippen molar-refractivity contribution in [2.45, 2.75) is 0 Å². The fourth-order valence-corrected chi connectivity index (χ4v) is 1.01. The molecule has 2 rings (SSSR count). The molecule has 0 aromatic carbocycles. The molecular formula is C4H7ClN6O4S2. The van der Waals surface area contributed by atoms with E-state index in [1.54, 1.807) is 11.0 Å². The highest BCUT2D eigenvalue weighted by molar-refractivity contribution is 7.13. The van der Waals surface area contributed by atoms with Crippen LogP contribution in [0.4, 0.5) is 10.3 Å². The number of aromatic amines is 1. The van der Waals surface area contributed by atoms with Gasteiger partial charge in [-0.2, -0.15) is 0 Å². The summed E-state index contributed by atoms with van der Waals surface area (Å²) in [4.78, 5) is 0. The molecule has 0 fully saturated rings. The summed E-state index contributed by atoms with van der Waals surface area (Å²) in [6.07, 6.45) is 0. The third-order valence-electron chi connectivity index (χ3n) is 0.784. The van der Waals surface area contributed by atoms with Crippen LogP contribution in [0.15, 0.2) is 11.0 Å². The zero-order valence-corrected chi connectivity index (χ0v) is 10.4. The smallest absolute Gasteiger partial charge is 0.252 e. The normalized spacial score (nSPS) is 9.65. The van der Waals surface area contributed by atoms with Gasteiger partial charge in [0.15, 0.2) is 0 Å². The Hall–Kier alpha value is -1.15. The molecule has 0 atom stereocenters. The number of halogens is 1. The summed E-state index contributed by atoms with van der Waals surface area (Å²) < 4.78 is 34.0. The molecule has 5 N–H and O–H groups in total. The van der Waals surface area contributed by atoms with Crippen molar-refractivity contribution in [3.8, 4) is 0 Å². The van der Waals surface area contributed by atoms with Gasteiger partial charge in [-0.25, -0.2) is 18.6 Å². The van der Waals surface area contributed by atoms with Crippen molar-refractivity contribution in [3.05, 3.63) is 11.0 Å². The SMILES string of the molecule is Nc1n[nH+]cs1.Nc1nncs1.[O-][Cl+3]([O-])([O-])[O-]. The predicted molar refractivity (Wildman–Crippen MR) is 47.4 cm³/mol. The first-order chi connectivity index (χ1) is 7.79. The lowest BCUT2D eigenvalue weighted by Gasteiger charge is -2.17. The van der Waals surface area contributed by atoms with E-state index in [9.17, 15) is 0 Å². The molecule has 0 unspecified atom stereocenters. The van der Waals surface area contributed by atoms with E-state index in [0.29, 0.717) is 10.3 Å². The van der Waals surface area contributed by atoms with Crippen LogP contribution < -0.4 is 35.2 Å². The number of hydrogen-bond acceptors (Lipinski definition) is 11. The topological polar surface area (TPSA) is 197 Å². The van der Waals surface area contributed by atoms with E-state index in [2.05, 4.69) is 20.4 Å². The Labute approximate surface area is 105 Å². The molecule has 0 aliphatic heterocycles. The van der Waals surface area contributed by atoms with E-state index in [4.69, 9.17) is 30.1 Å². The van der Waals surface area contributed by atoms with Crippen LogP contribution in [0.5, 0.6) is 0 Å². The molecule has 2 heterocycles. The Kier molecular flexibility index (Phi) is 7.47. The summed E-state index contributed by atoms with van der Waals surface area (Å²) in [6.45, 7) is 0. The van der Waals surface area contributed by atoms with Gasteiger partial charge in [-0.05, 0) is 11.3 Å². The minimum absolute atomic E-state index is 0.523. The Morgan fingerprint density at radius 3 is 1.82 bits per heavy atom. The lowest BCUT2D eigenvalue weighted by molar-refractivity contribution is -2.00. The summed E-state index contributed by atoms with van der Waals surface area (Å²) >= 11 is 2.72. The first-order valence-electron chi connectivity index (χ1n) is 3.49. The number of hydrogen-bond donors (Lipinski definition) is 2. The number of aromatic nitrogens is 4. The van der Waals surface area contributed by atoms with Crippen LogP contribution in [0, 0.1) is 10.2 Å². The largest absolute Gasteiger partial charge is 0.374 e. The van der Waals surface area contributed by atoms with Gasteiger partial charge in [0.05, 0.1) is 0 Å². The van der Waals surface area contributed by atoms with Crippen LogP contribution in [-0.2, 0) is 0 Å². The summed E-state index contributed by atoms with van der Waals surface area (Å²) in [5, 5.41) is 14.2. The molecule has 0 amide bonds. The van der Waals surface area contributed by atoms with Crippen molar-refractivity contribution in [1.29, 1.82) is 0 Å². The first kappa shape index (κ1) is 15.9. The van der Waals surface area contributed by atoms with Gasteiger partial charge in [-0.3, -0.25) is 0 Å². The number of H-pyrrole nitrogens is 1. The monoisotopic (exact) mass is 302 g/mol. The van der Waals surface area contributed by atoms with Crippen molar-refractivity contribution >= 4 is 32.9 Å². The summed E-state index contributed by atoms with van der Waals surface area (Å²) in [5.74, 6) is 0. The average Bonchev–Trinajstić information content (AvgIpc) is 2.76. The molecule has 0 aliphatic carbocycles. The number of nitrogen functional groups attached to an aromatic ring is 2.